The van der Waals surface area contributed by atoms with Gasteiger partial charge in [-0.2, -0.15) is 5.10 Å². The van der Waals surface area contributed by atoms with E-state index in [1.165, 1.54) is 6.07 Å². The molecule has 19 heavy (non-hydrogen) atoms. The minimum atomic E-state index is -0.370. The van der Waals surface area contributed by atoms with Crippen LogP contribution in [-0.4, -0.2) is 15.1 Å². The lowest BCUT2D eigenvalue weighted by Gasteiger charge is -2.16. The van der Waals surface area contributed by atoms with Gasteiger partial charge in [0.05, 0.1) is 4.92 Å². The van der Waals surface area contributed by atoms with E-state index in [2.05, 4.69) is 15.5 Å². The summed E-state index contributed by atoms with van der Waals surface area (Å²) >= 11 is 0. The minimum absolute atomic E-state index is 0.0863. The van der Waals surface area contributed by atoms with Gasteiger partial charge in [-0.25, -0.2) is 0 Å². The highest BCUT2D eigenvalue weighted by atomic mass is 16.6. The molecule has 1 unspecified atom stereocenters. The molecule has 1 atom stereocenters. The third-order valence-corrected chi connectivity index (χ3v) is 2.99. The molecule has 0 spiro atoms. The van der Waals surface area contributed by atoms with Crippen LogP contribution < -0.4 is 5.32 Å². The number of non-ortho nitro benzene ring substituents is 1. The molecule has 6 nitrogen and oxygen atoms in total. The first-order valence-electron chi connectivity index (χ1n) is 6.16. The number of nitro benzene ring substituents is 1. The second-order valence-electron chi connectivity index (χ2n) is 4.28. The van der Waals surface area contributed by atoms with E-state index in [1.54, 1.807) is 18.3 Å². The summed E-state index contributed by atoms with van der Waals surface area (Å²) < 4.78 is 0. The van der Waals surface area contributed by atoms with Crippen LogP contribution in [0.5, 0.6) is 0 Å². The molecule has 0 fully saturated rings. The van der Waals surface area contributed by atoms with Gasteiger partial charge in [0.2, 0.25) is 0 Å². The third kappa shape index (κ3) is 3.38. The normalized spacial score (nSPS) is 12.3. The number of rotatable bonds is 6. The number of benzene rings is 1. The van der Waals surface area contributed by atoms with Gasteiger partial charge in [0, 0.05) is 36.6 Å². The van der Waals surface area contributed by atoms with E-state index in [1.807, 2.05) is 19.1 Å². The number of aromatic amines is 1. The smallest absolute Gasteiger partial charge is 0.269 e. The Morgan fingerprint density at radius 2 is 2.32 bits per heavy atom. The number of aromatic nitrogens is 2. The Kier molecular flexibility index (Phi) is 4.25. The van der Waals surface area contributed by atoms with Crippen LogP contribution in [0.2, 0.25) is 0 Å². The first-order valence-corrected chi connectivity index (χ1v) is 6.16. The Morgan fingerprint density at radius 1 is 1.47 bits per heavy atom. The second-order valence-corrected chi connectivity index (χ2v) is 4.28. The molecule has 0 aliphatic rings. The largest absolute Gasteiger partial charge is 0.304 e. The highest BCUT2D eigenvalue weighted by molar-refractivity contribution is 5.35. The lowest BCUT2D eigenvalue weighted by Crippen LogP contribution is -2.20. The molecule has 6 heteroatoms. The van der Waals surface area contributed by atoms with Crippen LogP contribution in [0.3, 0.4) is 0 Å². The van der Waals surface area contributed by atoms with E-state index in [0.717, 1.165) is 17.7 Å². The summed E-state index contributed by atoms with van der Waals surface area (Å²) in [5.41, 5.74) is 2.04. The van der Waals surface area contributed by atoms with Gasteiger partial charge in [-0.05, 0) is 18.1 Å². The maximum Gasteiger partial charge on any atom is 0.269 e. The molecule has 0 bridgehead atoms. The highest BCUT2D eigenvalue weighted by Gasteiger charge is 2.13. The molecule has 0 aliphatic carbocycles. The quantitative estimate of drug-likeness (QED) is 0.617. The summed E-state index contributed by atoms with van der Waals surface area (Å²) in [4.78, 5) is 10.4. The van der Waals surface area contributed by atoms with E-state index >= 15 is 0 Å². The molecule has 1 aromatic heterocycles. The predicted octanol–water partition coefficient (Wildman–Crippen LogP) is 2.56. The average molecular weight is 260 g/mol. The van der Waals surface area contributed by atoms with Gasteiger partial charge in [0.15, 0.2) is 0 Å². The molecule has 2 aromatic rings. The van der Waals surface area contributed by atoms with E-state index in [-0.39, 0.29) is 16.7 Å². The molecule has 2 rings (SSSR count). The van der Waals surface area contributed by atoms with E-state index in [9.17, 15) is 10.1 Å². The summed E-state index contributed by atoms with van der Waals surface area (Å²) in [7, 11) is 0. The van der Waals surface area contributed by atoms with Crippen molar-refractivity contribution in [2.75, 3.05) is 0 Å². The minimum Gasteiger partial charge on any atom is -0.304 e. The molecular weight excluding hydrogens is 244 g/mol. The molecule has 0 aliphatic heterocycles. The van der Waals surface area contributed by atoms with E-state index < -0.39 is 0 Å². The fourth-order valence-electron chi connectivity index (χ4n) is 1.97. The zero-order chi connectivity index (χ0) is 13.7. The Hall–Kier alpha value is -2.21. The van der Waals surface area contributed by atoms with Crippen LogP contribution >= 0.6 is 0 Å². The molecule has 0 amide bonds. The fraction of sp³-hybridized carbons (Fsp3) is 0.308. The Bertz CT molecular complexity index is 539. The lowest BCUT2D eigenvalue weighted by atomic mass is 10.0. The van der Waals surface area contributed by atoms with Gasteiger partial charge in [0.25, 0.3) is 5.69 Å². The average Bonchev–Trinajstić information content (AvgIpc) is 2.93. The van der Waals surface area contributed by atoms with Crippen molar-refractivity contribution in [2.45, 2.75) is 25.9 Å². The molecular formula is C13H16N4O2. The van der Waals surface area contributed by atoms with Crippen molar-refractivity contribution >= 4 is 5.69 Å². The van der Waals surface area contributed by atoms with Gasteiger partial charge in [-0.1, -0.05) is 19.1 Å². The Morgan fingerprint density at radius 3 is 2.95 bits per heavy atom. The highest BCUT2D eigenvalue weighted by Crippen LogP contribution is 2.21. The van der Waals surface area contributed by atoms with Crippen LogP contribution in [0.25, 0.3) is 0 Å². The van der Waals surface area contributed by atoms with Crippen molar-refractivity contribution < 1.29 is 4.92 Å². The Balaban J connectivity index is 2.08. The van der Waals surface area contributed by atoms with Gasteiger partial charge in [0.1, 0.15) is 0 Å². The first-order chi connectivity index (χ1) is 9.20. The van der Waals surface area contributed by atoms with Gasteiger partial charge in [-0.15, -0.1) is 0 Å². The first kappa shape index (κ1) is 13.2. The zero-order valence-corrected chi connectivity index (χ0v) is 10.7. The van der Waals surface area contributed by atoms with Gasteiger partial charge < -0.3 is 5.32 Å². The van der Waals surface area contributed by atoms with Gasteiger partial charge in [-0.3, -0.25) is 15.2 Å². The summed E-state index contributed by atoms with van der Waals surface area (Å²) in [5, 5.41) is 20.9. The topological polar surface area (TPSA) is 83.8 Å². The van der Waals surface area contributed by atoms with E-state index in [0.29, 0.717) is 6.54 Å². The molecule has 2 N–H and O–H groups in total. The third-order valence-electron chi connectivity index (χ3n) is 2.99. The van der Waals surface area contributed by atoms with Crippen molar-refractivity contribution in [3.05, 3.63) is 57.9 Å². The molecule has 1 aromatic carbocycles. The monoisotopic (exact) mass is 260 g/mol. The molecule has 0 radical (unpaired) electrons. The molecule has 0 saturated carbocycles. The van der Waals surface area contributed by atoms with Crippen LogP contribution in [0.1, 0.15) is 30.6 Å². The number of nitrogens with one attached hydrogen (secondary N) is 2. The van der Waals surface area contributed by atoms with Crippen LogP contribution in [0.4, 0.5) is 5.69 Å². The van der Waals surface area contributed by atoms with Crippen LogP contribution in [0.15, 0.2) is 36.5 Å². The van der Waals surface area contributed by atoms with Crippen LogP contribution in [0, 0.1) is 10.1 Å². The summed E-state index contributed by atoms with van der Waals surface area (Å²) in [5.74, 6) is 0. The summed E-state index contributed by atoms with van der Waals surface area (Å²) in [6.07, 6.45) is 2.56. The number of hydrogen-bond donors (Lipinski definition) is 2. The number of nitrogens with zero attached hydrogens (tertiary/aromatic N) is 2. The van der Waals surface area contributed by atoms with Crippen molar-refractivity contribution in [3.8, 4) is 0 Å². The number of hydrogen-bond acceptors (Lipinski definition) is 4. The number of nitro groups is 1. The Labute approximate surface area is 111 Å². The van der Waals surface area contributed by atoms with E-state index in [4.69, 9.17) is 0 Å². The van der Waals surface area contributed by atoms with Crippen molar-refractivity contribution in [3.63, 3.8) is 0 Å². The molecule has 1 heterocycles. The van der Waals surface area contributed by atoms with Crippen LogP contribution in [-0.2, 0) is 6.54 Å². The maximum absolute atomic E-state index is 10.8. The van der Waals surface area contributed by atoms with Crippen molar-refractivity contribution in [1.82, 2.24) is 15.5 Å². The second kappa shape index (κ2) is 6.10. The number of H-pyrrole nitrogens is 1. The predicted molar refractivity (Wildman–Crippen MR) is 71.6 cm³/mol. The standard InChI is InChI=1S/C13H16N4O2/c1-2-13(14-9-11-6-7-15-16-11)10-4-3-5-12(8-10)17(18)19/h3-8,13-14H,2,9H2,1H3,(H,15,16). The zero-order valence-electron chi connectivity index (χ0n) is 10.7. The summed E-state index contributed by atoms with van der Waals surface area (Å²) in [6.45, 7) is 2.70. The lowest BCUT2D eigenvalue weighted by molar-refractivity contribution is -0.384. The van der Waals surface area contributed by atoms with Crippen molar-refractivity contribution in [2.24, 2.45) is 0 Å². The van der Waals surface area contributed by atoms with Crippen molar-refractivity contribution in [1.29, 1.82) is 0 Å². The molecule has 100 valence electrons. The fourth-order valence-corrected chi connectivity index (χ4v) is 1.97. The SMILES string of the molecule is CCC(NCc1ccn[nH]1)c1cccc([N+](=O)[O-])c1. The van der Waals surface area contributed by atoms with Gasteiger partial charge >= 0.3 is 0 Å². The maximum atomic E-state index is 10.8. The summed E-state index contributed by atoms with van der Waals surface area (Å²) in [6, 6.07) is 8.73. The molecule has 0 saturated heterocycles.